The average Bonchev–Trinajstić information content (AvgIpc) is 3.30. The maximum Gasteiger partial charge on any atom is 0.249 e. The van der Waals surface area contributed by atoms with Gasteiger partial charge in [0.05, 0.1) is 17.2 Å². The minimum absolute atomic E-state index is 0.0191. The number of benzene rings is 1. The molecule has 1 amide bonds. The first-order valence-electron chi connectivity index (χ1n) is 8.57. The Morgan fingerprint density at radius 1 is 1.35 bits per heavy atom. The van der Waals surface area contributed by atoms with Gasteiger partial charge in [-0.05, 0) is 37.1 Å². The second-order valence-corrected chi connectivity index (χ2v) is 7.53. The number of hydrogen-bond acceptors (Lipinski definition) is 5. The van der Waals surface area contributed by atoms with Crippen LogP contribution in [0, 0.1) is 6.92 Å². The Labute approximate surface area is 156 Å². The van der Waals surface area contributed by atoms with Crippen molar-refractivity contribution in [3.8, 4) is 11.5 Å². The van der Waals surface area contributed by atoms with E-state index in [0.717, 1.165) is 33.3 Å². The van der Waals surface area contributed by atoms with Crippen molar-refractivity contribution in [2.24, 2.45) is 0 Å². The van der Waals surface area contributed by atoms with Crippen molar-refractivity contribution in [2.45, 2.75) is 19.4 Å². The molecule has 4 rings (SSSR count). The fourth-order valence-corrected chi connectivity index (χ4v) is 3.76. The number of aromatic nitrogens is 1. The average molecular weight is 368 g/mol. The summed E-state index contributed by atoms with van der Waals surface area (Å²) in [6.45, 7) is 2.91. The molecule has 1 aromatic heterocycles. The number of ether oxygens (including phenoxy) is 2. The highest BCUT2D eigenvalue weighted by molar-refractivity contribution is 7.09. The number of amides is 1. The molecule has 2 aliphatic rings. The second-order valence-electron chi connectivity index (χ2n) is 6.47. The van der Waals surface area contributed by atoms with E-state index >= 15 is 0 Å². The van der Waals surface area contributed by atoms with Crippen LogP contribution in [-0.2, 0) is 4.79 Å². The molecule has 5 nitrogen and oxygen atoms in total. The van der Waals surface area contributed by atoms with Gasteiger partial charge in [-0.15, -0.1) is 11.3 Å². The summed E-state index contributed by atoms with van der Waals surface area (Å²) >= 11 is 1.62. The third-order valence-electron chi connectivity index (χ3n) is 4.45. The van der Waals surface area contributed by atoms with Crippen LogP contribution in [-0.4, -0.2) is 42.1 Å². The highest BCUT2D eigenvalue weighted by Gasteiger charge is 2.26. The molecule has 0 spiro atoms. The Bertz CT molecular complexity index is 900. The summed E-state index contributed by atoms with van der Waals surface area (Å²) in [6, 6.07) is 7.60. The SMILES string of the molecule is Cc1nc(C2=CCC(C(=O)N(C)CC3COc4ccccc4O3)=C2)cs1. The lowest BCUT2D eigenvalue weighted by Crippen LogP contribution is -2.42. The van der Waals surface area contributed by atoms with Crippen molar-refractivity contribution in [1.29, 1.82) is 0 Å². The van der Waals surface area contributed by atoms with Crippen molar-refractivity contribution < 1.29 is 14.3 Å². The minimum Gasteiger partial charge on any atom is -0.486 e. The summed E-state index contributed by atoms with van der Waals surface area (Å²) in [5.41, 5.74) is 2.75. The zero-order valence-electron chi connectivity index (χ0n) is 14.8. The first-order valence-corrected chi connectivity index (χ1v) is 9.45. The van der Waals surface area contributed by atoms with Gasteiger partial charge < -0.3 is 14.4 Å². The Morgan fingerprint density at radius 3 is 2.92 bits per heavy atom. The van der Waals surface area contributed by atoms with Gasteiger partial charge in [0.15, 0.2) is 17.6 Å². The van der Waals surface area contributed by atoms with E-state index in [1.54, 1.807) is 23.3 Å². The Kier molecular flexibility index (Phi) is 4.51. The number of allylic oxidation sites excluding steroid dienone is 3. The molecule has 1 aliphatic heterocycles. The zero-order chi connectivity index (χ0) is 18.1. The fourth-order valence-electron chi connectivity index (χ4n) is 3.14. The summed E-state index contributed by atoms with van der Waals surface area (Å²) in [7, 11) is 1.80. The normalized spacial score (nSPS) is 18.3. The van der Waals surface area contributed by atoms with Crippen LogP contribution in [0.15, 0.2) is 47.4 Å². The van der Waals surface area contributed by atoms with Crippen molar-refractivity contribution in [1.82, 2.24) is 9.88 Å². The van der Waals surface area contributed by atoms with Crippen molar-refractivity contribution in [3.63, 3.8) is 0 Å². The van der Waals surface area contributed by atoms with E-state index in [-0.39, 0.29) is 12.0 Å². The molecule has 0 fully saturated rings. The van der Waals surface area contributed by atoms with E-state index < -0.39 is 0 Å². The molecule has 0 N–H and O–H groups in total. The van der Waals surface area contributed by atoms with Crippen LogP contribution in [0.1, 0.15) is 17.1 Å². The van der Waals surface area contributed by atoms with Crippen LogP contribution in [0.25, 0.3) is 5.57 Å². The Balaban J connectivity index is 1.38. The van der Waals surface area contributed by atoms with Crippen molar-refractivity contribution >= 4 is 22.8 Å². The van der Waals surface area contributed by atoms with E-state index in [1.165, 1.54) is 0 Å². The summed E-state index contributed by atoms with van der Waals surface area (Å²) in [5, 5.41) is 3.06. The zero-order valence-corrected chi connectivity index (χ0v) is 15.6. The maximum atomic E-state index is 12.8. The number of carbonyl (C=O) groups is 1. The molecular formula is C20H20N2O3S. The van der Waals surface area contributed by atoms with Crippen LogP contribution in [0.2, 0.25) is 0 Å². The maximum absolute atomic E-state index is 12.8. The number of fused-ring (bicyclic) bond motifs is 1. The highest BCUT2D eigenvalue weighted by atomic mass is 32.1. The first kappa shape index (κ1) is 16.8. The summed E-state index contributed by atoms with van der Waals surface area (Å²) in [6.07, 6.45) is 4.47. The number of aryl methyl sites for hydroxylation is 1. The van der Waals surface area contributed by atoms with E-state index in [0.29, 0.717) is 19.6 Å². The molecule has 1 aliphatic carbocycles. The Hall–Kier alpha value is -2.60. The van der Waals surface area contributed by atoms with Gasteiger partial charge in [0.2, 0.25) is 5.91 Å². The molecule has 0 radical (unpaired) electrons. The molecule has 0 bridgehead atoms. The topological polar surface area (TPSA) is 51.7 Å². The highest BCUT2D eigenvalue weighted by Crippen LogP contribution is 2.31. The monoisotopic (exact) mass is 368 g/mol. The molecule has 2 heterocycles. The standard InChI is InChI=1S/C20H20N2O3S/c1-13-21-17(12-26-13)14-7-8-15(9-14)20(23)22(2)10-16-11-24-18-5-3-4-6-19(18)25-16/h3-7,9,12,16H,8,10-11H2,1-2H3. The van der Waals surface area contributed by atoms with Gasteiger partial charge in [0.1, 0.15) is 6.61 Å². The van der Waals surface area contributed by atoms with Crippen LogP contribution >= 0.6 is 11.3 Å². The number of rotatable bonds is 4. The number of thiazole rings is 1. The number of likely N-dealkylation sites (N-methyl/N-ethyl adjacent to an activating group) is 1. The van der Waals surface area contributed by atoms with Gasteiger partial charge in [-0.1, -0.05) is 18.2 Å². The third kappa shape index (κ3) is 3.37. The second kappa shape index (κ2) is 6.96. The molecule has 2 aromatic rings. The quantitative estimate of drug-likeness (QED) is 0.829. The lowest BCUT2D eigenvalue weighted by molar-refractivity contribution is -0.127. The Morgan fingerprint density at radius 2 is 2.15 bits per heavy atom. The van der Waals surface area contributed by atoms with Gasteiger partial charge in [-0.25, -0.2) is 4.98 Å². The first-order chi connectivity index (χ1) is 12.6. The number of hydrogen-bond donors (Lipinski definition) is 0. The van der Waals surface area contributed by atoms with E-state index in [4.69, 9.17) is 9.47 Å². The number of para-hydroxylation sites is 2. The summed E-state index contributed by atoms with van der Waals surface area (Å²) in [5.74, 6) is 1.50. The van der Waals surface area contributed by atoms with E-state index in [1.807, 2.05) is 42.6 Å². The lowest BCUT2D eigenvalue weighted by Gasteiger charge is -2.29. The predicted molar refractivity (Wildman–Crippen MR) is 102 cm³/mol. The van der Waals surface area contributed by atoms with E-state index in [9.17, 15) is 4.79 Å². The van der Waals surface area contributed by atoms with Crippen molar-refractivity contribution in [3.05, 3.63) is 58.1 Å². The predicted octanol–water partition coefficient (Wildman–Crippen LogP) is 3.46. The fraction of sp³-hybridized carbons (Fsp3) is 0.300. The van der Waals surface area contributed by atoms with Gasteiger partial charge in [-0.2, -0.15) is 0 Å². The van der Waals surface area contributed by atoms with E-state index in [2.05, 4.69) is 11.1 Å². The third-order valence-corrected chi connectivity index (χ3v) is 5.23. The smallest absolute Gasteiger partial charge is 0.249 e. The molecule has 1 aromatic carbocycles. The van der Waals surface area contributed by atoms with Crippen molar-refractivity contribution in [2.75, 3.05) is 20.2 Å². The lowest BCUT2D eigenvalue weighted by atomic mass is 10.2. The molecule has 26 heavy (non-hydrogen) atoms. The van der Waals surface area contributed by atoms with Crippen LogP contribution < -0.4 is 9.47 Å². The molecule has 6 heteroatoms. The molecule has 0 saturated heterocycles. The van der Waals surface area contributed by atoms with Crippen LogP contribution in [0.5, 0.6) is 11.5 Å². The largest absolute Gasteiger partial charge is 0.486 e. The molecule has 134 valence electrons. The van der Waals surface area contributed by atoms with Crippen LogP contribution in [0.4, 0.5) is 0 Å². The van der Waals surface area contributed by atoms with Crippen LogP contribution in [0.3, 0.4) is 0 Å². The van der Waals surface area contributed by atoms with Gasteiger partial charge in [0, 0.05) is 18.0 Å². The molecule has 1 atom stereocenters. The van der Waals surface area contributed by atoms with Gasteiger partial charge >= 0.3 is 0 Å². The molecule has 1 unspecified atom stereocenters. The summed E-state index contributed by atoms with van der Waals surface area (Å²) in [4.78, 5) is 19.0. The summed E-state index contributed by atoms with van der Waals surface area (Å²) < 4.78 is 11.7. The van der Waals surface area contributed by atoms with Gasteiger partial charge in [-0.3, -0.25) is 4.79 Å². The van der Waals surface area contributed by atoms with Gasteiger partial charge in [0.25, 0.3) is 0 Å². The molecular weight excluding hydrogens is 348 g/mol. The number of carbonyl (C=O) groups excluding carboxylic acids is 1. The number of nitrogens with zero attached hydrogens (tertiary/aromatic N) is 2. The molecule has 0 saturated carbocycles. The minimum atomic E-state index is -0.172.